The third-order valence-electron chi connectivity index (χ3n) is 4.56. The molecule has 2 unspecified atom stereocenters. The van der Waals surface area contributed by atoms with Crippen LogP contribution in [0.3, 0.4) is 0 Å². The Balaban J connectivity index is 1.82. The molecule has 1 amide bonds. The Morgan fingerprint density at radius 3 is 2.56 bits per heavy atom. The monoisotopic (exact) mass is 374 g/mol. The van der Waals surface area contributed by atoms with Crippen LogP contribution < -0.4 is 4.90 Å². The van der Waals surface area contributed by atoms with Gasteiger partial charge in [-0.05, 0) is 19.1 Å². The van der Waals surface area contributed by atoms with Crippen molar-refractivity contribution in [3.8, 4) is 11.4 Å². The summed E-state index contributed by atoms with van der Waals surface area (Å²) in [6, 6.07) is 6.49. The molecule has 0 aliphatic carbocycles. The maximum Gasteiger partial charge on any atom is 0.254 e. The summed E-state index contributed by atoms with van der Waals surface area (Å²) in [5.74, 6) is -0.0855. The van der Waals surface area contributed by atoms with Gasteiger partial charge < -0.3 is 19.6 Å². The van der Waals surface area contributed by atoms with E-state index in [0.717, 1.165) is 6.20 Å². The molecule has 0 saturated carbocycles. The van der Waals surface area contributed by atoms with Gasteiger partial charge in [-0.2, -0.15) is 0 Å². The lowest BCUT2D eigenvalue weighted by molar-refractivity contribution is 0.0520. The van der Waals surface area contributed by atoms with Crippen molar-refractivity contribution in [1.29, 1.82) is 0 Å². The highest BCUT2D eigenvalue weighted by Crippen LogP contribution is 2.22. The van der Waals surface area contributed by atoms with Gasteiger partial charge in [-0.25, -0.2) is 14.4 Å². The summed E-state index contributed by atoms with van der Waals surface area (Å²) in [6.45, 7) is 2.91. The van der Waals surface area contributed by atoms with E-state index in [0.29, 0.717) is 30.1 Å². The zero-order valence-corrected chi connectivity index (χ0v) is 15.6. The zero-order chi connectivity index (χ0) is 19.6. The number of carbonyl (C=O) groups is 1. The average Bonchev–Trinajstić information content (AvgIpc) is 3.08. The molecule has 0 spiro atoms. The maximum atomic E-state index is 13.8. The summed E-state index contributed by atoms with van der Waals surface area (Å²) in [5.41, 5.74) is 1.18. The number of rotatable bonds is 5. The molecular formula is C19H23FN4O3. The fourth-order valence-electron chi connectivity index (χ4n) is 3.10. The second kappa shape index (κ2) is 7.98. The molecule has 8 heteroatoms. The van der Waals surface area contributed by atoms with E-state index in [1.54, 1.807) is 48.2 Å². The van der Waals surface area contributed by atoms with Crippen LogP contribution in [0.15, 0.2) is 30.5 Å². The van der Waals surface area contributed by atoms with Gasteiger partial charge in [0.1, 0.15) is 0 Å². The molecule has 1 aliphatic rings. The molecule has 7 nitrogen and oxygen atoms in total. The summed E-state index contributed by atoms with van der Waals surface area (Å²) in [4.78, 5) is 24.3. The smallest absolute Gasteiger partial charge is 0.254 e. The Morgan fingerprint density at radius 1 is 1.30 bits per heavy atom. The van der Waals surface area contributed by atoms with Crippen LogP contribution in [0.1, 0.15) is 17.3 Å². The summed E-state index contributed by atoms with van der Waals surface area (Å²) < 4.78 is 19.0. The number of ether oxygens (including phenoxy) is 1. The minimum Gasteiger partial charge on any atom is -0.388 e. The predicted molar refractivity (Wildman–Crippen MR) is 99.1 cm³/mol. The van der Waals surface area contributed by atoms with Crippen molar-refractivity contribution >= 4 is 11.7 Å². The van der Waals surface area contributed by atoms with E-state index in [1.165, 1.54) is 0 Å². The molecule has 2 atom stereocenters. The van der Waals surface area contributed by atoms with Crippen LogP contribution in [0.5, 0.6) is 0 Å². The van der Waals surface area contributed by atoms with Gasteiger partial charge >= 0.3 is 0 Å². The molecule has 27 heavy (non-hydrogen) atoms. The van der Waals surface area contributed by atoms with Gasteiger partial charge in [0.2, 0.25) is 0 Å². The zero-order valence-electron chi connectivity index (χ0n) is 15.6. The first-order valence-electron chi connectivity index (χ1n) is 8.79. The van der Waals surface area contributed by atoms with E-state index in [2.05, 4.69) is 9.97 Å². The molecule has 1 aromatic carbocycles. The molecule has 0 bridgehead atoms. The van der Waals surface area contributed by atoms with Gasteiger partial charge in [0.15, 0.2) is 17.5 Å². The van der Waals surface area contributed by atoms with E-state index in [-0.39, 0.29) is 24.4 Å². The number of benzene rings is 1. The van der Waals surface area contributed by atoms with Crippen molar-refractivity contribution in [1.82, 2.24) is 14.9 Å². The molecule has 1 fully saturated rings. The molecular weight excluding hydrogens is 351 g/mol. The van der Waals surface area contributed by atoms with E-state index < -0.39 is 11.9 Å². The highest BCUT2D eigenvalue weighted by molar-refractivity contribution is 5.95. The molecule has 1 N–H and O–H groups in total. The molecule has 1 aromatic heterocycles. The lowest BCUT2D eigenvalue weighted by atomic mass is 10.1. The summed E-state index contributed by atoms with van der Waals surface area (Å²) in [7, 11) is 3.41. The van der Waals surface area contributed by atoms with Gasteiger partial charge in [-0.1, -0.05) is 12.1 Å². The van der Waals surface area contributed by atoms with Crippen molar-refractivity contribution in [3.05, 3.63) is 41.8 Å². The minimum absolute atomic E-state index is 0.174. The van der Waals surface area contributed by atoms with Crippen molar-refractivity contribution < 1.29 is 19.0 Å². The number of aliphatic hydroxyl groups is 1. The number of amides is 1. The van der Waals surface area contributed by atoms with E-state index in [9.17, 15) is 14.3 Å². The largest absolute Gasteiger partial charge is 0.388 e. The van der Waals surface area contributed by atoms with Crippen LogP contribution >= 0.6 is 0 Å². The van der Waals surface area contributed by atoms with E-state index >= 15 is 0 Å². The van der Waals surface area contributed by atoms with Gasteiger partial charge in [0.25, 0.3) is 5.91 Å². The number of aromatic nitrogens is 2. The highest BCUT2D eigenvalue weighted by atomic mass is 19.1. The van der Waals surface area contributed by atoms with Crippen LogP contribution in [-0.4, -0.2) is 71.9 Å². The topological polar surface area (TPSA) is 78.8 Å². The van der Waals surface area contributed by atoms with Gasteiger partial charge in [-0.15, -0.1) is 0 Å². The standard InChI is InChI=1S/C19H23FN4O3/c1-4-24(15-10-27-11-16(15)25)19(26)13-7-5-12(6-8-13)17-21-9-14(20)18(22-17)23(2)3/h5-9,15-16,25H,4,10-11H2,1-3H3. The number of hydrogen-bond donors (Lipinski definition) is 1. The molecule has 2 aromatic rings. The Kier molecular flexibility index (Phi) is 5.67. The summed E-state index contributed by atoms with van der Waals surface area (Å²) in [5, 5.41) is 10.0. The Bertz CT molecular complexity index is 813. The highest BCUT2D eigenvalue weighted by Gasteiger charge is 2.34. The van der Waals surface area contributed by atoms with E-state index in [1.807, 2.05) is 6.92 Å². The molecule has 144 valence electrons. The van der Waals surface area contributed by atoms with Crippen molar-refractivity contribution in [2.75, 3.05) is 38.8 Å². The fraction of sp³-hybridized carbons (Fsp3) is 0.421. The third kappa shape index (κ3) is 3.91. The van der Waals surface area contributed by atoms with E-state index in [4.69, 9.17) is 4.74 Å². The lowest BCUT2D eigenvalue weighted by Gasteiger charge is -2.28. The number of halogens is 1. The second-order valence-electron chi connectivity index (χ2n) is 6.60. The molecule has 0 radical (unpaired) electrons. The fourth-order valence-corrected chi connectivity index (χ4v) is 3.10. The summed E-state index contributed by atoms with van der Waals surface area (Å²) in [6.07, 6.45) is 0.460. The lowest BCUT2D eigenvalue weighted by Crippen LogP contribution is -2.46. The number of hydrogen-bond acceptors (Lipinski definition) is 6. The van der Waals surface area contributed by atoms with Gasteiger partial charge in [0.05, 0.1) is 31.6 Å². The average molecular weight is 374 g/mol. The molecule has 2 heterocycles. The Morgan fingerprint density at radius 2 is 2.00 bits per heavy atom. The van der Waals surface area contributed by atoms with Gasteiger partial charge in [0, 0.05) is 31.8 Å². The number of likely N-dealkylation sites (N-methyl/N-ethyl adjacent to an activating group) is 1. The minimum atomic E-state index is -0.676. The number of carbonyl (C=O) groups excluding carboxylic acids is 1. The Labute approximate surface area is 157 Å². The van der Waals surface area contributed by atoms with Crippen LogP contribution in [0, 0.1) is 5.82 Å². The third-order valence-corrected chi connectivity index (χ3v) is 4.56. The Hall–Kier alpha value is -2.58. The normalized spacial score (nSPS) is 19.1. The number of aliphatic hydroxyl groups excluding tert-OH is 1. The van der Waals surface area contributed by atoms with Gasteiger partial charge in [-0.3, -0.25) is 4.79 Å². The van der Waals surface area contributed by atoms with Crippen LogP contribution in [-0.2, 0) is 4.74 Å². The first kappa shape index (κ1) is 19.2. The van der Waals surface area contributed by atoms with Crippen LogP contribution in [0.2, 0.25) is 0 Å². The molecule has 1 aliphatic heterocycles. The van der Waals surface area contributed by atoms with Crippen molar-refractivity contribution in [3.63, 3.8) is 0 Å². The second-order valence-corrected chi connectivity index (χ2v) is 6.60. The summed E-state index contributed by atoms with van der Waals surface area (Å²) >= 11 is 0. The first-order valence-corrected chi connectivity index (χ1v) is 8.79. The number of nitrogens with zero attached hydrogens (tertiary/aromatic N) is 4. The molecule has 1 saturated heterocycles. The quantitative estimate of drug-likeness (QED) is 0.856. The van der Waals surface area contributed by atoms with Crippen molar-refractivity contribution in [2.45, 2.75) is 19.1 Å². The van der Waals surface area contributed by atoms with Crippen LogP contribution in [0.4, 0.5) is 10.2 Å². The van der Waals surface area contributed by atoms with Crippen LogP contribution in [0.25, 0.3) is 11.4 Å². The SMILES string of the molecule is CCN(C(=O)c1ccc(-c2ncc(F)c(N(C)C)n2)cc1)C1COCC1O. The predicted octanol–water partition coefficient (Wildman–Crippen LogP) is 1.57. The van der Waals surface area contributed by atoms with Crippen molar-refractivity contribution in [2.24, 2.45) is 0 Å². The number of anilines is 1. The molecule has 3 rings (SSSR count). The maximum absolute atomic E-state index is 13.8. The first-order chi connectivity index (χ1) is 12.9.